The van der Waals surface area contributed by atoms with Gasteiger partial charge in [-0.1, -0.05) is 6.07 Å². The number of ether oxygens (including phenoxy) is 2. The molecule has 162 valence electrons. The Bertz CT molecular complexity index is 1130. The molecule has 2 aromatic heterocycles. The lowest BCUT2D eigenvalue weighted by Gasteiger charge is -2.37. The molecule has 1 atom stereocenters. The molecule has 1 aromatic carbocycles. The van der Waals surface area contributed by atoms with E-state index >= 15 is 0 Å². The van der Waals surface area contributed by atoms with Crippen LogP contribution < -0.4 is 9.47 Å². The molecule has 0 unspecified atom stereocenters. The van der Waals surface area contributed by atoms with Gasteiger partial charge in [0.2, 0.25) is 5.91 Å². The van der Waals surface area contributed by atoms with E-state index in [-0.39, 0.29) is 11.9 Å². The van der Waals surface area contributed by atoms with Gasteiger partial charge in [-0.3, -0.25) is 9.48 Å². The molecule has 0 spiro atoms. The molecule has 0 fully saturated rings. The summed E-state index contributed by atoms with van der Waals surface area (Å²) in [5, 5.41) is 6.49. The van der Waals surface area contributed by atoms with Crippen molar-refractivity contribution in [2.75, 3.05) is 20.8 Å². The number of aromatic nitrogens is 2. The van der Waals surface area contributed by atoms with Crippen molar-refractivity contribution < 1.29 is 14.3 Å². The van der Waals surface area contributed by atoms with E-state index in [4.69, 9.17) is 9.47 Å². The number of thiophene rings is 1. The quantitative estimate of drug-likeness (QED) is 0.559. The van der Waals surface area contributed by atoms with Crippen molar-refractivity contribution >= 4 is 23.3 Å². The van der Waals surface area contributed by atoms with Crippen molar-refractivity contribution in [2.24, 2.45) is 7.05 Å². The number of nitrogens with zero attached hydrogens (tertiary/aromatic N) is 3. The fourth-order valence-corrected chi connectivity index (χ4v) is 5.07. The molecule has 1 aliphatic rings. The Balaban J connectivity index is 1.73. The predicted molar refractivity (Wildman–Crippen MR) is 123 cm³/mol. The first kappa shape index (κ1) is 21.2. The molecule has 31 heavy (non-hydrogen) atoms. The first-order chi connectivity index (χ1) is 14.9. The fraction of sp³-hybridized carbons (Fsp3) is 0.333. The van der Waals surface area contributed by atoms with Crippen molar-refractivity contribution in [1.82, 2.24) is 14.7 Å². The van der Waals surface area contributed by atoms with Gasteiger partial charge in [-0.15, -0.1) is 11.3 Å². The average Bonchev–Trinajstić information content (AvgIpc) is 3.38. The van der Waals surface area contributed by atoms with Gasteiger partial charge in [-0.2, -0.15) is 5.10 Å². The van der Waals surface area contributed by atoms with Crippen LogP contribution in [0.4, 0.5) is 0 Å². The van der Waals surface area contributed by atoms with Crippen molar-refractivity contribution in [1.29, 1.82) is 0 Å². The number of methoxy groups -OCH3 is 2. The second kappa shape index (κ2) is 8.59. The molecule has 0 N–H and O–H groups in total. The SMILES string of the molecule is COc1cc2c(cc1OC)[C@@H](c1cccs1)N(C(=O)/C=C/c1c(C)nn(C)c1C)CC2. The van der Waals surface area contributed by atoms with E-state index in [0.717, 1.165) is 33.8 Å². The van der Waals surface area contributed by atoms with Gasteiger partial charge in [0.05, 0.1) is 26.0 Å². The summed E-state index contributed by atoms with van der Waals surface area (Å²) in [6.07, 6.45) is 4.32. The molecule has 7 heteroatoms. The monoisotopic (exact) mass is 437 g/mol. The van der Waals surface area contributed by atoms with Gasteiger partial charge >= 0.3 is 0 Å². The maximum atomic E-state index is 13.4. The zero-order valence-corrected chi connectivity index (χ0v) is 19.3. The number of aryl methyl sites for hydroxylation is 2. The standard InChI is InChI=1S/C24H27N3O3S/c1-15-18(16(2)26(3)25-15)8-9-23(28)27-11-10-17-13-20(29-4)21(30-5)14-19(17)24(27)22-7-6-12-31-22/h6-9,12-14,24H,10-11H2,1-5H3/b9-8+/t24-/m0/s1. The molecule has 0 saturated carbocycles. The van der Waals surface area contributed by atoms with E-state index in [1.807, 2.05) is 60.1 Å². The molecule has 0 aliphatic carbocycles. The van der Waals surface area contributed by atoms with Crippen LogP contribution in [0.3, 0.4) is 0 Å². The summed E-state index contributed by atoms with van der Waals surface area (Å²) in [4.78, 5) is 16.4. The van der Waals surface area contributed by atoms with Crippen LogP contribution in [0.25, 0.3) is 6.08 Å². The van der Waals surface area contributed by atoms with Crippen LogP contribution in [-0.2, 0) is 18.3 Å². The number of hydrogen-bond donors (Lipinski definition) is 0. The lowest BCUT2D eigenvalue weighted by Crippen LogP contribution is -2.39. The third-order valence-electron chi connectivity index (χ3n) is 5.93. The topological polar surface area (TPSA) is 56.6 Å². The van der Waals surface area contributed by atoms with Crippen molar-refractivity contribution in [3.63, 3.8) is 0 Å². The zero-order valence-electron chi connectivity index (χ0n) is 18.5. The smallest absolute Gasteiger partial charge is 0.247 e. The Kier molecular flexibility index (Phi) is 5.87. The largest absolute Gasteiger partial charge is 0.493 e. The minimum absolute atomic E-state index is 0.0125. The first-order valence-electron chi connectivity index (χ1n) is 10.2. The van der Waals surface area contributed by atoms with E-state index in [2.05, 4.69) is 11.2 Å². The van der Waals surface area contributed by atoms with Crippen molar-refractivity contribution in [2.45, 2.75) is 26.3 Å². The van der Waals surface area contributed by atoms with E-state index < -0.39 is 0 Å². The van der Waals surface area contributed by atoms with Gasteiger partial charge in [-0.25, -0.2) is 0 Å². The first-order valence-corrected chi connectivity index (χ1v) is 11.1. The highest BCUT2D eigenvalue weighted by atomic mass is 32.1. The predicted octanol–water partition coefficient (Wildman–Crippen LogP) is 4.30. The molecule has 3 heterocycles. The van der Waals surface area contributed by atoms with Gasteiger partial charge < -0.3 is 14.4 Å². The van der Waals surface area contributed by atoms with Crippen LogP contribution in [-0.4, -0.2) is 41.4 Å². The maximum absolute atomic E-state index is 13.4. The van der Waals surface area contributed by atoms with Crippen LogP contribution in [0.15, 0.2) is 35.7 Å². The Hall–Kier alpha value is -3.06. The van der Waals surface area contributed by atoms with Crippen LogP contribution >= 0.6 is 11.3 Å². The molecular formula is C24H27N3O3S. The Morgan fingerprint density at radius 1 is 1.23 bits per heavy atom. The maximum Gasteiger partial charge on any atom is 0.247 e. The van der Waals surface area contributed by atoms with E-state index in [0.29, 0.717) is 18.0 Å². The number of carbonyl (C=O) groups excluding carboxylic acids is 1. The lowest BCUT2D eigenvalue weighted by molar-refractivity contribution is -0.127. The molecule has 6 nitrogen and oxygen atoms in total. The van der Waals surface area contributed by atoms with Gasteiger partial charge in [0, 0.05) is 35.8 Å². The third-order valence-corrected chi connectivity index (χ3v) is 6.85. The molecule has 1 amide bonds. The zero-order chi connectivity index (χ0) is 22.1. The summed E-state index contributed by atoms with van der Waals surface area (Å²) in [5.41, 5.74) is 5.22. The van der Waals surface area contributed by atoms with Crippen LogP contribution in [0.1, 0.15) is 39.0 Å². The van der Waals surface area contributed by atoms with Crippen LogP contribution in [0.2, 0.25) is 0 Å². The fourth-order valence-electron chi connectivity index (χ4n) is 4.22. The normalized spacial score (nSPS) is 15.9. The lowest BCUT2D eigenvalue weighted by atomic mass is 9.90. The van der Waals surface area contributed by atoms with E-state index in [1.54, 1.807) is 31.6 Å². The van der Waals surface area contributed by atoms with Crippen LogP contribution in [0, 0.1) is 13.8 Å². The minimum Gasteiger partial charge on any atom is -0.493 e. The number of amides is 1. The summed E-state index contributed by atoms with van der Waals surface area (Å²) in [5.74, 6) is 1.38. The number of carbonyl (C=O) groups is 1. The molecule has 0 radical (unpaired) electrons. The minimum atomic E-state index is -0.156. The molecule has 0 bridgehead atoms. The summed E-state index contributed by atoms with van der Waals surface area (Å²) < 4.78 is 12.9. The van der Waals surface area contributed by atoms with Gasteiger partial charge in [-0.05, 0) is 61.1 Å². The summed E-state index contributed by atoms with van der Waals surface area (Å²) in [6, 6.07) is 8.00. The van der Waals surface area contributed by atoms with Crippen molar-refractivity contribution in [3.8, 4) is 11.5 Å². The van der Waals surface area contributed by atoms with E-state index in [1.165, 1.54) is 5.56 Å². The molecule has 4 rings (SSSR count). The summed E-state index contributed by atoms with van der Waals surface area (Å²) >= 11 is 1.66. The second-order valence-corrected chi connectivity index (χ2v) is 8.63. The van der Waals surface area contributed by atoms with Crippen LogP contribution in [0.5, 0.6) is 11.5 Å². The summed E-state index contributed by atoms with van der Waals surface area (Å²) in [6.45, 7) is 4.61. The Labute approximate surface area is 186 Å². The number of benzene rings is 1. The van der Waals surface area contributed by atoms with Gasteiger partial charge in [0.15, 0.2) is 11.5 Å². The Morgan fingerprint density at radius 3 is 2.58 bits per heavy atom. The third kappa shape index (κ3) is 3.85. The second-order valence-electron chi connectivity index (χ2n) is 7.65. The van der Waals surface area contributed by atoms with Gasteiger partial charge in [0.25, 0.3) is 0 Å². The summed E-state index contributed by atoms with van der Waals surface area (Å²) in [7, 11) is 5.20. The number of fused-ring (bicyclic) bond motifs is 1. The molecule has 0 saturated heterocycles. The highest BCUT2D eigenvalue weighted by Gasteiger charge is 2.33. The average molecular weight is 438 g/mol. The molecule has 1 aliphatic heterocycles. The number of hydrogen-bond acceptors (Lipinski definition) is 5. The van der Waals surface area contributed by atoms with Gasteiger partial charge in [0.1, 0.15) is 0 Å². The highest BCUT2D eigenvalue weighted by molar-refractivity contribution is 7.10. The van der Waals surface area contributed by atoms with E-state index in [9.17, 15) is 4.79 Å². The molecule has 3 aromatic rings. The molecular weight excluding hydrogens is 410 g/mol. The van der Waals surface area contributed by atoms with Crippen molar-refractivity contribution in [3.05, 3.63) is 68.7 Å². The number of rotatable bonds is 5. The Morgan fingerprint density at radius 2 is 1.97 bits per heavy atom. The highest BCUT2D eigenvalue weighted by Crippen LogP contribution is 2.42.